The van der Waals surface area contributed by atoms with Gasteiger partial charge in [-0.05, 0) is 85.9 Å². The van der Waals surface area contributed by atoms with E-state index in [1.807, 2.05) is 74.5 Å². The maximum atomic E-state index is 14.0. The topological polar surface area (TPSA) is 99.7 Å². The Hall–Kier alpha value is -5.00. The quantitative estimate of drug-likeness (QED) is 0.115. The van der Waals surface area contributed by atoms with Crippen LogP contribution in [0.3, 0.4) is 0 Å². The number of hydrogen-bond acceptors (Lipinski definition) is 8. The summed E-state index contributed by atoms with van der Waals surface area (Å²) in [4.78, 5) is 62.2. The Balaban J connectivity index is 1.18. The summed E-state index contributed by atoms with van der Waals surface area (Å²) in [7, 11) is 0. The first-order chi connectivity index (χ1) is 26.1. The molecule has 0 radical (unpaired) electrons. The molecule has 0 aromatic heterocycles. The molecule has 4 aromatic carbocycles. The van der Waals surface area contributed by atoms with Crippen LogP contribution in [0.15, 0.2) is 121 Å². The molecule has 4 aromatic rings. The summed E-state index contributed by atoms with van der Waals surface area (Å²) in [6.45, 7) is 7.11. The van der Waals surface area contributed by atoms with E-state index in [0.29, 0.717) is 71.8 Å². The summed E-state index contributed by atoms with van der Waals surface area (Å²) in [5.74, 6) is -2.00. The zero-order chi connectivity index (χ0) is 38.2. The van der Waals surface area contributed by atoms with Crippen LogP contribution < -0.4 is 9.80 Å². The minimum Gasteiger partial charge on any atom is -0.456 e. The van der Waals surface area contributed by atoms with Crippen molar-refractivity contribution >= 4 is 58.3 Å². The highest BCUT2D eigenvalue weighted by atomic mass is 35.5. The number of likely N-dealkylation sites (tertiary alicyclic amines) is 2. The summed E-state index contributed by atoms with van der Waals surface area (Å²) in [5, 5.41) is 1.03. The number of halogens is 2. The van der Waals surface area contributed by atoms with Gasteiger partial charge in [0.2, 0.25) is 0 Å². The van der Waals surface area contributed by atoms with Crippen molar-refractivity contribution in [3.05, 3.63) is 143 Å². The fraction of sp³-hybridized carbons (Fsp3) is 0.286. The van der Waals surface area contributed by atoms with Crippen molar-refractivity contribution < 1.29 is 28.7 Å². The lowest BCUT2D eigenvalue weighted by molar-refractivity contribution is -0.145. The molecule has 0 spiro atoms. The molecule has 6 rings (SSSR count). The molecule has 0 saturated carbocycles. The number of benzene rings is 4. The fourth-order valence-electron chi connectivity index (χ4n) is 6.98. The lowest BCUT2D eigenvalue weighted by Gasteiger charge is -2.32. The molecule has 2 fully saturated rings. The zero-order valence-corrected chi connectivity index (χ0v) is 31.6. The molecule has 54 heavy (non-hydrogen) atoms. The Kier molecular flexibility index (Phi) is 12.8. The Morgan fingerprint density at radius 3 is 1.26 bits per heavy atom. The average molecular weight is 770 g/mol. The van der Waals surface area contributed by atoms with Gasteiger partial charge in [0.05, 0.1) is 12.1 Å². The molecule has 10 nitrogen and oxygen atoms in total. The fourth-order valence-corrected chi connectivity index (χ4v) is 7.23. The van der Waals surface area contributed by atoms with Crippen LogP contribution in [0.25, 0.3) is 0 Å². The molecule has 12 heteroatoms. The van der Waals surface area contributed by atoms with Gasteiger partial charge in [-0.15, -0.1) is 0 Å². The predicted molar refractivity (Wildman–Crippen MR) is 210 cm³/mol. The van der Waals surface area contributed by atoms with Crippen LogP contribution in [0.2, 0.25) is 10.0 Å². The highest BCUT2D eigenvalue weighted by molar-refractivity contribution is 6.31. The molecule has 4 unspecified atom stereocenters. The third kappa shape index (κ3) is 9.19. The number of para-hydroxylation sites is 2. The zero-order valence-electron chi connectivity index (χ0n) is 30.1. The van der Waals surface area contributed by atoms with Gasteiger partial charge in [0.25, 0.3) is 11.8 Å². The van der Waals surface area contributed by atoms with Crippen molar-refractivity contribution in [2.75, 3.05) is 49.1 Å². The molecule has 2 aliphatic rings. The lowest BCUT2D eigenvalue weighted by atomic mass is 10.1. The molecule has 280 valence electrons. The number of rotatable bonds is 12. The van der Waals surface area contributed by atoms with Crippen LogP contribution in [0.5, 0.6) is 0 Å². The van der Waals surface area contributed by atoms with Gasteiger partial charge in [0, 0.05) is 70.9 Å². The van der Waals surface area contributed by atoms with Gasteiger partial charge in [-0.1, -0.05) is 73.4 Å². The van der Waals surface area contributed by atoms with E-state index in [4.69, 9.17) is 32.7 Å². The van der Waals surface area contributed by atoms with Gasteiger partial charge in [-0.3, -0.25) is 19.4 Å². The van der Waals surface area contributed by atoms with Gasteiger partial charge in [0.1, 0.15) is 12.2 Å². The van der Waals surface area contributed by atoms with E-state index in [1.165, 1.54) is 0 Å². The second-order valence-electron chi connectivity index (χ2n) is 13.2. The van der Waals surface area contributed by atoms with E-state index in [0.717, 1.165) is 12.2 Å². The number of carbonyl (C=O) groups excluding carboxylic acids is 4. The Morgan fingerprint density at radius 1 is 0.574 bits per heavy atom. The first-order valence-corrected chi connectivity index (χ1v) is 18.7. The highest BCUT2D eigenvalue weighted by Crippen LogP contribution is 2.30. The third-order valence-electron chi connectivity index (χ3n) is 9.76. The maximum absolute atomic E-state index is 14.0. The molecule has 0 aliphatic carbocycles. The standard InChI is InChI=1S/C42H42Cl2N4O6/c1-3-45-25-35(47(33-11-7-5-8-12-33)41(51)29-15-19-31(43)20-16-29)37(27-45)53-39(49)23-24-40(50)54-38-28-46(4-2)26-36(38)48(34-13-9-6-10-14-34)42(52)30-17-21-32(44)22-18-30/h5-24,35-38H,3-4,25-28H2,1-2H3/b24-23+. The van der Waals surface area contributed by atoms with E-state index in [2.05, 4.69) is 9.80 Å². The van der Waals surface area contributed by atoms with Gasteiger partial charge < -0.3 is 19.3 Å². The second-order valence-corrected chi connectivity index (χ2v) is 14.0. The first-order valence-electron chi connectivity index (χ1n) is 18.0. The van der Waals surface area contributed by atoms with Crippen LogP contribution in [-0.2, 0) is 19.1 Å². The van der Waals surface area contributed by atoms with Crippen molar-refractivity contribution in [3.63, 3.8) is 0 Å². The molecule has 0 bridgehead atoms. The van der Waals surface area contributed by atoms with E-state index < -0.39 is 36.2 Å². The summed E-state index contributed by atoms with van der Waals surface area (Å²) < 4.78 is 11.9. The van der Waals surface area contributed by atoms with Crippen molar-refractivity contribution in [1.29, 1.82) is 0 Å². The first kappa shape index (κ1) is 38.7. The van der Waals surface area contributed by atoms with Crippen LogP contribution in [-0.4, -0.2) is 97.1 Å². The van der Waals surface area contributed by atoms with Gasteiger partial charge in [-0.2, -0.15) is 0 Å². The molecule has 0 N–H and O–H groups in total. The average Bonchev–Trinajstić information content (AvgIpc) is 3.78. The number of esters is 2. The van der Waals surface area contributed by atoms with Gasteiger partial charge in [0.15, 0.2) is 0 Å². The number of carbonyl (C=O) groups is 4. The van der Waals surface area contributed by atoms with Crippen molar-refractivity contribution in [2.45, 2.75) is 38.1 Å². The molecule has 2 saturated heterocycles. The van der Waals surface area contributed by atoms with Crippen LogP contribution >= 0.6 is 23.2 Å². The predicted octanol–water partition coefficient (Wildman–Crippen LogP) is 6.78. The van der Waals surface area contributed by atoms with Crippen molar-refractivity contribution in [3.8, 4) is 0 Å². The summed E-state index contributed by atoms with van der Waals surface area (Å²) in [6.07, 6.45) is 0.726. The van der Waals surface area contributed by atoms with E-state index in [-0.39, 0.29) is 11.8 Å². The summed E-state index contributed by atoms with van der Waals surface area (Å²) in [6, 6.07) is 30.8. The maximum Gasteiger partial charge on any atom is 0.331 e. The van der Waals surface area contributed by atoms with Gasteiger partial charge >= 0.3 is 11.9 Å². The Bertz CT molecular complexity index is 1800. The largest absolute Gasteiger partial charge is 0.456 e. The highest BCUT2D eigenvalue weighted by Gasteiger charge is 2.43. The second kappa shape index (κ2) is 17.9. The normalized spacial score (nSPS) is 20.1. The van der Waals surface area contributed by atoms with E-state index in [9.17, 15) is 19.2 Å². The molecule has 2 amide bonds. The molecule has 2 heterocycles. The SMILES string of the molecule is CCN1CC(OC(=O)/C=C/C(=O)OC2CN(CC)CC2N(C(=O)c2ccc(Cl)cc2)c2ccccc2)C(N(C(=O)c2ccc(Cl)cc2)c2ccccc2)C1. The molecular weight excluding hydrogens is 727 g/mol. The van der Waals surface area contributed by atoms with Crippen LogP contribution in [0.4, 0.5) is 11.4 Å². The summed E-state index contributed by atoms with van der Waals surface area (Å²) >= 11 is 12.2. The number of anilines is 2. The third-order valence-corrected chi connectivity index (χ3v) is 10.3. The van der Waals surface area contributed by atoms with Crippen molar-refractivity contribution in [2.24, 2.45) is 0 Å². The number of ether oxygens (including phenoxy) is 2. The number of hydrogen-bond donors (Lipinski definition) is 0. The van der Waals surface area contributed by atoms with Crippen molar-refractivity contribution in [1.82, 2.24) is 9.80 Å². The number of nitrogens with zero attached hydrogens (tertiary/aromatic N) is 4. The van der Waals surface area contributed by atoms with Gasteiger partial charge in [-0.25, -0.2) is 9.59 Å². The number of likely N-dealkylation sites (N-methyl/N-ethyl adjacent to an activating group) is 2. The van der Waals surface area contributed by atoms with Crippen LogP contribution in [0, 0.1) is 0 Å². The lowest BCUT2D eigenvalue weighted by Crippen LogP contribution is -2.48. The summed E-state index contributed by atoms with van der Waals surface area (Å²) in [5.41, 5.74) is 2.20. The monoisotopic (exact) mass is 768 g/mol. The number of amides is 2. The van der Waals surface area contributed by atoms with Crippen LogP contribution in [0.1, 0.15) is 34.6 Å². The Morgan fingerprint density at radius 2 is 0.926 bits per heavy atom. The molecule has 2 aliphatic heterocycles. The minimum absolute atomic E-state index is 0.257. The Labute approximate surface area is 325 Å². The van der Waals surface area contributed by atoms with E-state index >= 15 is 0 Å². The molecular formula is C42H42Cl2N4O6. The van der Waals surface area contributed by atoms with E-state index in [1.54, 1.807) is 58.3 Å². The smallest absolute Gasteiger partial charge is 0.331 e. The molecule has 4 atom stereocenters. The minimum atomic E-state index is -0.742.